The number of rotatable bonds is 4. The van der Waals surface area contributed by atoms with E-state index in [1.165, 1.54) is 6.07 Å². The molecular weight excluding hydrogens is 277 g/mol. The molecule has 2 rings (SSSR count). The summed E-state index contributed by atoms with van der Waals surface area (Å²) in [7, 11) is 0. The van der Waals surface area contributed by atoms with E-state index in [-0.39, 0.29) is 11.5 Å². The first-order chi connectivity index (χ1) is 9.58. The molecule has 2 nitrogen and oxygen atoms in total. The molecule has 0 aromatic heterocycles. The monoisotopic (exact) mass is 291 g/mol. The Hall–Kier alpha value is -1.87. The van der Waals surface area contributed by atoms with Crippen LogP contribution >= 0.6 is 11.6 Å². The lowest BCUT2D eigenvalue weighted by Gasteiger charge is -2.07. The molecule has 0 unspecified atom stereocenters. The molecule has 2 aromatic carbocycles. The SMILES string of the molecule is Cc1cccc(C(=O)NCCc2ccc(Cl)cc2)c1F. The Balaban J connectivity index is 1.92. The minimum atomic E-state index is -0.462. The summed E-state index contributed by atoms with van der Waals surface area (Å²) < 4.78 is 13.8. The van der Waals surface area contributed by atoms with Crippen molar-refractivity contribution in [2.24, 2.45) is 0 Å². The lowest BCUT2D eigenvalue weighted by Crippen LogP contribution is -2.26. The van der Waals surface area contributed by atoms with Crippen LogP contribution in [0.25, 0.3) is 0 Å². The van der Waals surface area contributed by atoms with E-state index < -0.39 is 5.82 Å². The average Bonchev–Trinajstić information content (AvgIpc) is 2.44. The summed E-state index contributed by atoms with van der Waals surface area (Å²) in [5.74, 6) is -0.850. The van der Waals surface area contributed by atoms with Crippen molar-refractivity contribution in [1.82, 2.24) is 5.32 Å². The summed E-state index contributed by atoms with van der Waals surface area (Å²) in [6.45, 7) is 2.09. The Kier molecular flexibility index (Phi) is 4.74. The zero-order chi connectivity index (χ0) is 14.5. The number of halogens is 2. The van der Waals surface area contributed by atoms with Gasteiger partial charge in [0.1, 0.15) is 5.82 Å². The molecule has 0 aliphatic heterocycles. The number of hydrogen-bond donors (Lipinski definition) is 1. The molecule has 1 amide bonds. The first-order valence-corrected chi connectivity index (χ1v) is 6.73. The van der Waals surface area contributed by atoms with Gasteiger partial charge in [0.2, 0.25) is 0 Å². The van der Waals surface area contributed by atoms with Crippen LogP contribution in [0.3, 0.4) is 0 Å². The smallest absolute Gasteiger partial charge is 0.254 e. The fourth-order valence-corrected chi connectivity index (χ4v) is 2.02. The Morgan fingerprint density at radius 2 is 1.90 bits per heavy atom. The molecule has 0 aliphatic carbocycles. The maximum Gasteiger partial charge on any atom is 0.254 e. The number of carbonyl (C=O) groups excluding carboxylic acids is 1. The predicted molar refractivity (Wildman–Crippen MR) is 78.6 cm³/mol. The van der Waals surface area contributed by atoms with Crippen LogP contribution in [0.2, 0.25) is 5.02 Å². The molecule has 0 saturated carbocycles. The second kappa shape index (κ2) is 6.53. The fraction of sp³-hybridized carbons (Fsp3) is 0.188. The van der Waals surface area contributed by atoms with Gasteiger partial charge in [-0.05, 0) is 42.7 Å². The van der Waals surface area contributed by atoms with Crippen LogP contribution in [0.5, 0.6) is 0 Å². The van der Waals surface area contributed by atoms with Crippen molar-refractivity contribution in [2.75, 3.05) is 6.54 Å². The number of aryl methyl sites for hydroxylation is 1. The zero-order valence-electron chi connectivity index (χ0n) is 11.1. The third-order valence-electron chi connectivity index (χ3n) is 3.05. The highest BCUT2D eigenvalue weighted by Gasteiger charge is 2.12. The first kappa shape index (κ1) is 14.5. The van der Waals surface area contributed by atoms with E-state index in [9.17, 15) is 9.18 Å². The van der Waals surface area contributed by atoms with E-state index in [2.05, 4.69) is 5.32 Å². The Labute approximate surface area is 122 Å². The number of carbonyl (C=O) groups is 1. The summed E-state index contributed by atoms with van der Waals surface area (Å²) in [6, 6.07) is 12.2. The number of hydrogen-bond acceptors (Lipinski definition) is 1. The summed E-state index contributed by atoms with van der Waals surface area (Å²) in [6.07, 6.45) is 0.677. The number of nitrogens with one attached hydrogen (secondary N) is 1. The standard InChI is InChI=1S/C16H15ClFNO/c1-11-3-2-4-14(15(11)18)16(20)19-10-9-12-5-7-13(17)8-6-12/h2-8H,9-10H2,1H3,(H,19,20). The van der Waals surface area contributed by atoms with Crippen molar-refractivity contribution in [3.63, 3.8) is 0 Å². The van der Waals surface area contributed by atoms with E-state index in [1.54, 1.807) is 31.2 Å². The van der Waals surface area contributed by atoms with E-state index in [1.807, 2.05) is 12.1 Å². The minimum Gasteiger partial charge on any atom is -0.352 e. The largest absolute Gasteiger partial charge is 0.352 e. The van der Waals surface area contributed by atoms with Crippen LogP contribution < -0.4 is 5.32 Å². The number of benzene rings is 2. The summed E-state index contributed by atoms with van der Waals surface area (Å²) >= 11 is 5.80. The fourth-order valence-electron chi connectivity index (χ4n) is 1.89. The van der Waals surface area contributed by atoms with Gasteiger partial charge in [0.05, 0.1) is 5.56 Å². The Bertz CT molecular complexity index is 610. The van der Waals surface area contributed by atoms with Crippen LogP contribution in [0.1, 0.15) is 21.5 Å². The van der Waals surface area contributed by atoms with Crippen molar-refractivity contribution in [1.29, 1.82) is 0 Å². The number of amides is 1. The minimum absolute atomic E-state index is 0.0844. The second-order valence-corrected chi connectivity index (χ2v) is 5.01. The molecule has 0 spiro atoms. The van der Waals surface area contributed by atoms with Crippen molar-refractivity contribution >= 4 is 17.5 Å². The molecule has 0 fully saturated rings. The molecule has 104 valence electrons. The van der Waals surface area contributed by atoms with Gasteiger partial charge >= 0.3 is 0 Å². The van der Waals surface area contributed by atoms with E-state index in [0.29, 0.717) is 23.6 Å². The summed E-state index contributed by atoms with van der Waals surface area (Å²) in [4.78, 5) is 11.9. The summed E-state index contributed by atoms with van der Waals surface area (Å²) in [5.41, 5.74) is 1.62. The lowest BCUT2D eigenvalue weighted by atomic mass is 10.1. The van der Waals surface area contributed by atoms with Crippen molar-refractivity contribution in [3.05, 3.63) is 70.0 Å². The van der Waals surface area contributed by atoms with Crippen LogP contribution in [0.4, 0.5) is 4.39 Å². The van der Waals surface area contributed by atoms with Gasteiger partial charge in [0.15, 0.2) is 0 Å². The molecule has 0 heterocycles. The van der Waals surface area contributed by atoms with Crippen LogP contribution in [0, 0.1) is 12.7 Å². The van der Waals surface area contributed by atoms with Crippen molar-refractivity contribution < 1.29 is 9.18 Å². The lowest BCUT2D eigenvalue weighted by molar-refractivity contribution is 0.0950. The van der Waals surface area contributed by atoms with Gasteiger partial charge in [-0.2, -0.15) is 0 Å². The third kappa shape index (κ3) is 3.58. The van der Waals surface area contributed by atoms with Gasteiger partial charge in [0.25, 0.3) is 5.91 Å². The first-order valence-electron chi connectivity index (χ1n) is 6.35. The second-order valence-electron chi connectivity index (χ2n) is 4.57. The van der Waals surface area contributed by atoms with Crippen LogP contribution in [-0.4, -0.2) is 12.5 Å². The highest BCUT2D eigenvalue weighted by atomic mass is 35.5. The molecular formula is C16H15ClFNO. The molecule has 0 radical (unpaired) electrons. The van der Waals surface area contributed by atoms with Gasteiger partial charge in [-0.15, -0.1) is 0 Å². The van der Waals surface area contributed by atoms with Crippen LogP contribution in [-0.2, 0) is 6.42 Å². The third-order valence-corrected chi connectivity index (χ3v) is 3.30. The molecule has 0 bridgehead atoms. The normalized spacial score (nSPS) is 10.3. The van der Waals surface area contributed by atoms with Gasteiger partial charge in [-0.25, -0.2) is 4.39 Å². The van der Waals surface area contributed by atoms with Crippen molar-refractivity contribution in [2.45, 2.75) is 13.3 Å². The van der Waals surface area contributed by atoms with Gasteiger partial charge < -0.3 is 5.32 Å². The molecule has 1 N–H and O–H groups in total. The van der Waals surface area contributed by atoms with Crippen LogP contribution in [0.15, 0.2) is 42.5 Å². The van der Waals surface area contributed by atoms with E-state index in [0.717, 1.165) is 5.56 Å². The van der Waals surface area contributed by atoms with E-state index >= 15 is 0 Å². The highest BCUT2D eigenvalue weighted by Crippen LogP contribution is 2.12. The topological polar surface area (TPSA) is 29.1 Å². The quantitative estimate of drug-likeness (QED) is 0.913. The molecule has 2 aromatic rings. The molecule has 0 atom stereocenters. The van der Waals surface area contributed by atoms with Crippen molar-refractivity contribution in [3.8, 4) is 0 Å². The van der Waals surface area contributed by atoms with E-state index in [4.69, 9.17) is 11.6 Å². The molecule has 0 aliphatic rings. The van der Waals surface area contributed by atoms with Gasteiger partial charge in [0, 0.05) is 11.6 Å². The average molecular weight is 292 g/mol. The Morgan fingerprint density at radius 3 is 2.60 bits per heavy atom. The molecule has 20 heavy (non-hydrogen) atoms. The predicted octanol–water partition coefficient (Wildman–Crippen LogP) is 3.76. The maximum absolute atomic E-state index is 13.8. The molecule has 4 heteroatoms. The zero-order valence-corrected chi connectivity index (χ0v) is 11.9. The Morgan fingerprint density at radius 1 is 1.20 bits per heavy atom. The molecule has 0 saturated heterocycles. The van der Waals surface area contributed by atoms with Gasteiger partial charge in [-0.3, -0.25) is 4.79 Å². The maximum atomic E-state index is 13.8. The summed E-state index contributed by atoms with van der Waals surface area (Å²) in [5, 5.41) is 3.40. The highest BCUT2D eigenvalue weighted by molar-refractivity contribution is 6.30. The van der Waals surface area contributed by atoms with Gasteiger partial charge in [-0.1, -0.05) is 35.9 Å².